The van der Waals surface area contributed by atoms with Crippen molar-refractivity contribution in [3.63, 3.8) is 0 Å². The Kier molecular flexibility index (Phi) is 7.41. The van der Waals surface area contributed by atoms with Crippen LogP contribution in [0.4, 0.5) is 28.9 Å². The summed E-state index contributed by atoms with van der Waals surface area (Å²) in [6.07, 6.45) is -5.46. The number of alkyl halides is 3. The van der Waals surface area contributed by atoms with Crippen LogP contribution >= 0.6 is 0 Å². The molecule has 1 fully saturated rings. The number of fused-ring (bicyclic) bond motifs is 1. The third-order valence-electron chi connectivity index (χ3n) is 7.37. The zero-order valence-electron chi connectivity index (χ0n) is 22.3. The van der Waals surface area contributed by atoms with E-state index in [1.54, 1.807) is 7.11 Å². The van der Waals surface area contributed by atoms with Crippen LogP contribution in [0.5, 0.6) is 11.5 Å². The summed E-state index contributed by atoms with van der Waals surface area (Å²) < 4.78 is 67.5. The number of methoxy groups -OCH3 is 2. The number of benzene rings is 3. The smallest absolute Gasteiger partial charge is 0.416 e. The quantitative estimate of drug-likeness (QED) is 0.394. The first-order valence-corrected chi connectivity index (χ1v) is 12.8. The number of aliphatic imine (C=N–C) groups is 1. The fraction of sp³-hybridized carbons (Fsp3) is 0.310. The van der Waals surface area contributed by atoms with Gasteiger partial charge < -0.3 is 29.7 Å². The summed E-state index contributed by atoms with van der Waals surface area (Å²) in [5, 5.41) is 13.0. The van der Waals surface area contributed by atoms with Crippen LogP contribution in [-0.4, -0.2) is 62.3 Å². The van der Waals surface area contributed by atoms with Gasteiger partial charge in [0.2, 0.25) is 0 Å². The third-order valence-corrected chi connectivity index (χ3v) is 7.37. The van der Waals surface area contributed by atoms with E-state index in [4.69, 9.17) is 14.5 Å². The molecule has 0 aromatic heterocycles. The maximum absolute atomic E-state index is 15.3. The van der Waals surface area contributed by atoms with Crippen LogP contribution in [0.25, 0.3) is 0 Å². The third kappa shape index (κ3) is 5.33. The molecule has 0 spiro atoms. The number of anilines is 2. The summed E-state index contributed by atoms with van der Waals surface area (Å²) in [7, 11) is 2.86. The van der Waals surface area contributed by atoms with Crippen LogP contribution in [0.15, 0.2) is 65.7 Å². The molecule has 12 heteroatoms. The standard InChI is InChI=1S/C29H28F4N4O4/c1-40-20-6-3-5-19(16-20)36-11-13-37(14-12-36)27-34-26-21(7-4-8-23(26)30)28(35-27,17-25(38)39)22-15-18(29(31,32)33)9-10-24(22)41-2/h3-10,15-16H,11-14,17H2,1-2H3,(H,34,35)(H,38,39)/t28-/m0/s1. The van der Waals surface area contributed by atoms with E-state index in [2.05, 4.69) is 10.2 Å². The predicted octanol–water partition coefficient (Wildman–Crippen LogP) is 5.18. The van der Waals surface area contributed by atoms with Gasteiger partial charge in [0.05, 0.1) is 31.9 Å². The van der Waals surface area contributed by atoms with Gasteiger partial charge in [-0.3, -0.25) is 4.79 Å². The van der Waals surface area contributed by atoms with Crippen LogP contribution in [0, 0.1) is 5.82 Å². The molecule has 2 aliphatic rings. The van der Waals surface area contributed by atoms with E-state index in [0.717, 1.165) is 23.9 Å². The van der Waals surface area contributed by atoms with E-state index >= 15 is 4.39 Å². The van der Waals surface area contributed by atoms with E-state index < -0.39 is 35.5 Å². The highest BCUT2D eigenvalue weighted by atomic mass is 19.4. The van der Waals surface area contributed by atoms with Crippen LogP contribution < -0.4 is 19.7 Å². The average molecular weight is 573 g/mol. The zero-order valence-corrected chi connectivity index (χ0v) is 22.3. The largest absolute Gasteiger partial charge is 0.497 e. The summed E-state index contributed by atoms with van der Waals surface area (Å²) >= 11 is 0. The molecule has 0 bridgehead atoms. The van der Waals surface area contributed by atoms with Crippen molar-refractivity contribution in [2.45, 2.75) is 18.1 Å². The molecule has 216 valence electrons. The van der Waals surface area contributed by atoms with Crippen molar-refractivity contribution in [2.75, 3.05) is 50.6 Å². The fourth-order valence-corrected chi connectivity index (χ4v) is 5.37. The maximum Gasteiger partial charge on any atom is 0.416 e. The van der Waals surface area contributed by atoms with E-state index in [-0.39, 0.29) is 28.5 Å². The lowest BCUT2D eigenvalue weighted by atomic mass is 9.77. The van der Waals surface area contributed by atoms with Crippen molar-refractivity contribution in [3.8, 4) is 11.5 Å². The molecule has 41 heavy (non-hydrogen) atoms. The highest BCUT2D eigenvalue weighted by Crippen LogP contribution is 2.49. The number of carbonyl (C=O) groups is 1. The molecule has 0 aliphatic carbocycles. The van der Waals surface area contributed by atoms with Gasteiger partial charge in [0.1, 0.15) is 22.9 Å². The number of rotatable bonds is 6. The number of nitrogens with one attached hydrogen (secondary N) is 1. The average Bonchev–Trinajstić information content (AvgIpc) is 2.96. The molecule has 0 saturated carbocycles. The molecule has 2 aliphatic heterocycles. The molecule has 0 amide bonds. The highest BCUT2D eigenvalue weighted by molar-refractivity contribution is 5.98. The fourth-order valence-electron chi connectivity index (χ4n) is 5.37. The summed E-state index contributed by atoms with van der Waals surface area (Å²) in [6, 6.07) is 14.5. The van der Waals surface area contributed by atoms with Crippen molar-refractivity contribution in [2.24, 2.45) is 4.99 Å². The predicted molar refractivity (Wildman–Crippen MR) is 145 cm³/mol. The molecule has 3 aromatic carbocycles. The first kappa shape index (κ1) is 28.1. The first-order chi connectivity index (χ1) is 19.6. The molecule has 1 atom stereocenters. The zero-order chi connectivity index (χ0) is 29.4. The number of hydrogen-bond acceptors (Lipinski definition) is 7. The number of halogens is 4. The Labute approximate surface area is 233 Å². The molecule has 0 unspecified atom stereocenters. The topological polar surface area (TPSA) is 86.6 Å². The molecule has 5 rings (SSSR count). The van der Waals surface area contributed by atoms with Gasteiger partial charge in [-0.05, 0) is 36.4 Å². The SMILES string of the molecule is COc1cccc(N2CCN(C3=N[C@](CC(=O)O)(c4cc(C(F)(F)F)ccc4OC)c4cccc(F)c4N3)CC2)c1. The van der Waals surface area contributed by atoms with Crippen molar-refractivity contribution < 1.29 is 36.9 Å². The Morgan fingerprint density at radius 1 is 0.976 bits per heavy atom. The number of ether oxygens (including phenoxy) is 2. The molecule has 1 saturated heterocycles. The second kappa shape index (κ2) is 10.8. The molecule has 3 aromatic rings. The first-order valence-electron chi connectivity index (χ1n) is 12.8. The number of piperazine rings is 1. The number of aliphatic carboxylic acids is 1. The van der Waals surface area contributed by atoms with E-state index in [1.807, 2.05) is 29.2 Å². The van der Waals surface area contributed by atoms with E-state index in [9.17, 15) is 23.1 Å². The van der Waals surface area contributed by atoms with Crippen molar-refractivity contribution in [1.82, 2.24) is 4.90 Å². The summed E-state index contributed by atoms with van der Waals surface area (Å²) in [6.45, 7) is 1.96. The van der Waals surface area contributed by atoms with Gasteiger partial charge in [-0.2, -0.15) is 13.2 Å². The lowest BCUT2D eigenvalue weighted by Crippen LogP contribution is -2.53. The number of para-hydroxylation sites is 1. The van der Waals surface area contributed by atoms with Gasteiger partial charge in [0, 0.05) is 49.1 Å². The van der Waals surface area contributed by atoms with Crippen molar-refractivity contribution in [1.29, 1.82) is 0 Å². The van der Waals surface area contributed by atoms with E-state index in [1.165, 1.54) is 25.3 Å². The number of carboxylic acids is 1. The Bertz CT molecular complexity index is 1490. The van der Waals surface area contributed by atoms with Gasteiger partial charge in [0.15, 0.2) is 5.96 Å². The second-order valence-electron chi connectivity index (χ2n) is 9.74. The summed E-state index contributed by atoms with van der Waals surface area (Å²) in [5.41, 5.74) is -2.05. The number of nitrogens with zero attached hydrogens (tertiary/aromatic N) is 3. The minimum atomic E-state index is -4.72. The van der Waals surface area contributed by atoms with Crippen molar-refractivity contribution in [3.05, 3.63) is 83.2 Å². The molecule has 0 radical (unpaired) electrons. The second-order valence-corrected chi connectivity index (χ2v) is 9.74. The van der Waals surface area contributed by atoms with Gasteiger partial charge in [-0.15, -0.1) is 0 Å². The normalized spacial score (nSPS) is 18.7. The van der Waals surface area contributed by atoms with Crippen LogP contribution in [0.2, 0.25) is 0 Å². The minimum absolute atomic E-state index is 0.00213. The monoisotopic (exact) mass is 572 g/mol. The van der Waals surface area contributed by atoms with Gasteiger partial charge in [-0.25, -0.2) is 9.38 Å². The minimum Gasteiger partial charge on any atom is -0.497 e. The lowest BCUT2D eigenvalue weighted by Gasteiger charge is -2.42. The highest BCUT2D eigenvalue weighted by Gasteiger charge is 2.46. The Balaban J connectivity index is 1.61. The molecule has 2 heterocycles. The molecule has 2 N–H and O–H groups in total. The molecule has 8 nitrogen and oxygen atoms in total. The van der Waals surface area contributed by atoms with Crippen LogP contribution in [0.3, 0.4) is 0 Å². The van der Waals surface area contributed by atoms with Gasteiger partial charge >= 0.3 is 12.1 Å². The summed E-state index contributed by atoms with van der Waals surface area (Å²) in [5.74, 6) is -1.14. The van der Waals surface area contributed by atoms with Crippen LogP contribution in [0.1, 0.15) is 23.1 Å². The van der Waals surface area contributed by atoms with Crippen molar-refractivity contribution >= 4 is 23.3 Å². The Hall–Kier alpha value is -4.48. The lowest BCUT2D eigenvalue weighted by molar-refractivity contribution is -0.138. The van der Waals surface area contributed by atoms with E-state index in [0.29, 0.717) is 31.9 Å². The number of hydrogen-bond donors (Lipinski definition) is 2. The maximum atomic E-state index is 15.3. The molecular formula is C29H28F4N4O4. The Morgan fingerprint density at radius 3 is 2.34 bits per heavy atom. The number of carboxylic acid groups (broad SMARTS) is 1. The number of guanidine groups is 1. The van der Waals surface area contributed by atoms with Crippen LogP contribution in [-0.2, 0) is 16.5 Å². The van der Waals surface area contributed by atoms with Gasteiger partial charge in [0.25, 0.3) is 0 Å². The Morgan fingerprint density at radius 2 is 1.68 bits per heavy atom. The summed E-state index contributed by atoms with van der Waals surface area (Å²) in [4.78, 5) is 21.0. The van der Waals surface area contributed by atoms with Gasteiger partial charge in [-0.1, -0.05) is 18.2 Å². The molecular weight excluding hydrogens is 544 g/mol.